The summed E-state index contributed by atoms with van der Waals surface area (Å²) in [4.78, 5) is 7.28. The van der Waals surface area contributed by atoms with Gasteiger partial charge in [-0.05, 0) is 21.8 Å². The SMILES string of the molecule is CC(C)Cc1nc(Br)c(CO)[nH]1. The molecule has 0 amide bonds. The van der Waals surface area contributed by atoms with Gasteiger partial charge in [0.05, 0.1) is 12.3 Å². The standard InChI is InChI=1S/C8H13BrN2O/c1-5(2)3-7-10-6(4-12)8(9)11-7/h5,12H,3-4H2,1-2H3,(H,10,11). The lowest BCUT2D eigenvalue weighted by Gasteiger charge is -1.98. The van der Waals surface area contributed by atoms with Gasteiger partial charge in [0.1, 0.15) is 10.4 Å². The van der Waals surface area contributed by atoms with Crippen molar-refractivity contribution in [2.45, 2.75) is 26.9 Å². The fourth-order valence-corrected chi connectivity index (χ4v) is 1.47. The summed E-state index contributed by atoms with van der Waals surface area (Å²) >= 11 is 3.26. The fourth-order valence-electron chi connectivity index (χ4n) is 1.03. The first-order valence-corrected chi connectivity index (χ1v) is 4.77. The number of H-pyrrole nitrogens is 1. The Kier molecular flexibility index (Phi) is 3.29. The zero-order valence-electron chi connectivity index (χ0n) is 7.26. The second-order valence-corrected chi connectivity index (χ2v) is 3.96. The topological polar surface area (TPSA) is 48.9 Å². The molecule has 1 aromatic rings. The maximum Gasteiger partial charge on any atom is 0.129 e. The van der Waals surface area contributed by atoms with E-state index in [1.165, 1.54) is 0 Å². The average molecular weight is 233 g/mol. The van der Waals surface area contributed by atoms with E-state index in [0.29, 0.717) is 5.92 Å². The summed E-state index contributed by atoms with van der Waals surface area (Å²) in [6.07, 6.45) is 0.915. The van der Waals surface area contributed by atoms with Crippen LogP contribution in [0.15, 0.2) is 4.60 Å². The summed E-state index contributed by atoms with van der Waals surface area (Å²) in [6.45, 7) is 4.27. The van der Waals surface area contributed by atoms with Gasteiger partial charge in [-0.2, -0.15) is 0 Å². The van der Waals surface area contributed by atoms with Gasteiger partial charge in [-0.1, -0.05) is 13.8 Å². The maximum absolute atomic E-state index is 8.86. The molecule has 68 valence electrons. The van der Waals surface area contributed by atoms with E-state index in [0.717, 1.165) is 22.5 Å². The summed E-state index contributed by atoms with van der Waals surface area (Å²) in [6, 6.07) is 0. The molecular formula is C8H13BrN2O. The first kappa shape index (κ1) is 9.74. The third kappa shape index (κ3) is 2.32. The zero-order chi connectivity index (χ0) is 9.14. The number of imidazole rings is 1. The van der Waals surface area contributed by atoms with Crippen molar-refractivity contribution in [3.05, 3.63) is 16.1 Å². The van der Waals surface area contributed by atoms with Crippen LogP contribution in [-0.2, 0) is 13.0 Å². The minimum atomic E-state index is 0.00563. The van der Waals surface area contributed by atoms with Gasteiger partial charge >= 0.3 is 0 Å². The lowest BCUT2D eigenvalue weighted by atomic mass is 10.1. The van der Waals surface area contributed by atoms with Gasteiger partial charge in [-0.25, -0.2) is 4.98 Å². The van der Waals surface area contributed by atoms with Crippen LogP contribution in [0.1, 0.15) is 25.4 Å². The number of hydrogen-bond donors (Lipinski definition) is 2. The molecule has 0 saturated carbocycles. The van der Waals surface area contributed by atoms with Gasteiger partial charge in [0.15, 0.2) is 0 Å². The average Bonchev–Trinajstić information content (AvgIpc) is 2.29. The predicted molar refractivity (Wildman–Crippen MR) is 50.8 cm³/mol. The number of rotatable bonds is 3. The highest BCUT2D eigenvalue weighted by Crippen LogP contribution is 2.15. The number of aliphatic hydroxyl groups excluding tert-OH is 1. The normalized spacial score (nSPS) is 11.1. The fraction of sp³-hybridized carbons (Fsp3) is 0.625. The van der Waals surface area contributed by atoms with Crippen molar-refractivity contribution in [2.24, 2.45) is 5.92 Å². The van der Waals surface area contributed by atoms with Crippen molar-refractivity contribution >= 4 is 15.9 Å². The quantitative estimate of drug-likeness (QED) is 0.837. The van der Waals surface area contributed by atoms with Gasteiger partial charge in [0.2, 0.25) is 0 Å². The number of aromatic amines is 1. The van der Waals surface area contributed by atoms with Crippen molar-refractivity contribution in [3.8, 4) is 0 Å². The highest BCUT2D eigenvalue weighted by Gasteiger charge is 2.07. The third-order valence-corrected chi connectivity index (χ3v) is 2.19. The lowest BCUT2D eigenvalue weighted by Crippen LogP contribution is -1.96. The van der Waals surface area contributed by atoms with Gasteiger partial charge in [0.25, 0.3) is 0 Å². The molecule has 0 unspecified atom stereocenters. The molecule has 0 aliphatic heterocycles. The Morgan fingerprint density at radius 3 is 2.67 bits per heavy atom. The van der Waals surface area contributed by atoms with Crippen molar-refractivity contribution in [3.63, 3.8) is 0 Å². The summed E-state index contributed by atoms with van der Waals surface area (Å²) in [7, 11) is 0. The number of nitrogens with zero attached hydrogens (tertiary/aromatic N) is 1. The van der Waals surface area contributed by atoms with Gasteiger partial charge in [-0.15, -0.1) is 0 Å². The number of hydrogen-bond acceptors (Lipinski definition) is 2. The third-order valence-electron chi connectivity index (χ3n) is 1.54. The largest absolute Gasteiger partial charge is 0.390 e. The van der Waals surface area contributed by atoms with Crippen molar-refractivity contribution in [2.75, 3.05) is 0 Å². The summed E-state index contributed by atoms with van der Waals surface area (Å²) in [5, 5.41) is 8.86. The molecule has 0 atom stereocenters. The molecule has 3 nitrogen and oxygen atoms in total. The van der Waals surface area contributed by atoms with Gasteiger partial charge in [0, 0.05) is 6.42 Å². The number of aliphatic hydroxyl groups is 1. The van der Waals surface area contributed by atoms with Crippen LogP contribution in [0.5, 0.6) is 0 Å². The predicted octanol–water partition coefficient (Wildman–Crippen LogP) is 1.86. The smallest absolute Gasteiger partial charge is 0.129 e. The highest BCUT2D eigenvalue weighted by molar-refractivity contribution is 9.10. The highest BCUT2D eigenvalue weighted by atomic mass is 79.9. The number of nitrogens with one attached hydrogen (secondary N) is 1. The zero-order valence-corrected chi connectivity index (χ0v) is 8.85. The van der Waals surface area contributed by atoms with E-state index >= 15 is 0 Å². The Labute approximate surface area is 80.3 Å². The van der Waals surface area contributed by atoms with Crippen molar-refractivity contribution < 1.29 is 5.11 Å². The van der Waals surface area contributed by atoms with E-state index in [2.05, 4.69) is 39.7 Å². The molecule has 0 aromatic carbocycles. The first-order chi connectivity index (χ1) is 5.63. The monoisotopic (exact) mass is 232 g/mol. The lowest BCUT2D eigenvalue weighted by molar-refractivity contribution is 0.276. The number of aromatic nitrogens is 2. The number of halogens is 1. The van der Waals surface area contributed by atoms with Gasteiger partial charge < -0.3 is 10.1 Å². The Morgan fingerprint density at radius 2 is 2.25 bits per heavy atom. The van der Waals surface area contributed by atoms with Crippen LogP contribution in [-0.4, -0.2) is 15.1 Å². The molecular weight excluding hydrogens is 220 g/mol. The van der Waals surface area contributed by atoms with Crippen LogP contribution in [0, 0.1) is 5.92 Å². The minimum Gasteiger partial charge on any atom is -0.390 e. The Balaban J connectivity index is 2.75. The molecule has 0 bridgehead atoms. The van der Waals surface area contributed by atoms with Crippen molar-refractivity contribution in [1.82, 2.24) is 9.97 Å². The van der Waals surface area contributed by atoms with Crippen LogP contribution < -0.4 is 0 Å². The van der Waals surface area contributed by atoms with E-state index in [4.69, 9.17) is 5.11 Å². The molecule has 4 heteroatoms. The molecule has 0 saturated heterocycles. The van der Waals surface area contributed by atoms with E-state index in [9.17, 15) is 0 Å². The molecule has 0 aliphatic rings. The second kappa shape index (κ2) is 4.05. The Morgan fingerprint density at radius 1 is 1.58 bits per heavy atom. The van der Waals surface area contributed by atoms with Crippen LogP contribution in [0.2, 0.25) is 0 Å². The van der Waals surface area contributed by atoms with E-state index in [1.54, 1.807) is 0 Å². The molecule has 1 rings (SSSR count). The maximum atomic E-state index is 8.86. The van der Waals surface area contributed by atoms with E-state index < -0.39 is 0 Å². The van der Waals surface area contributed by atoms with Crippen LogP contribution in [0.25, 0.3) is 0 Å². The molecule has 0 fully saturated rings. The van der Waals surface area contributed by atoms with E-state index in [1.807, 2.05) is 0 Å². The van der Waals surface area contributed by atoms with Crippen LogP contribution >= 0.6 is 15.9 Å². The Hall–Kier alpha value is -0.350. The Bertz CT molecular complexity index is 258. The van der Waals surface area contributed by atoms with Crippen molar-refractivity contribution in [1.29, 1.82) is 0 Å². The van der Waals surface area contributed by atoms with Gasteiger partial charge in [-0.3, -0.25) is 0 Å². The molecule has 0 radical (unpaired) electrons. The first-order valence-electron chi connectivity index (χ1n) is 3.97. The molecule has 12 heavy (non-hydrogen) atoms. The minimum absolute atomic E-state index is 0.00563. The summed E-state index contributed by atoms with van der Waals surface area (Å²) < 4.78 is 0.723. The molecule has 2 N–H and O–H groups in total. The van der Waals surface area contributed by atoms with Crippen LogP contribution in [0.3, 0.4) is 0 Å². The molecule has 1 aromatic heterocycles. The molecule has 0 spiro atoms. The molecule has 1 heterocycles. The van der Waals surface area contributed by atoms with Crippen LogP contribution in [0.4, 0.5) is 0 Å². The summed E-state index contributed by atoms with van der Waals surface area (Å²) in [5.41, 5.74) is 0.755. The summed E-state index contributed by atoms with van der Waals surface area (Å²) in [5.74, 6) is 1.51. The molecule has 0 aliphatic carbocycles. The second-order valence-electron chi connectivity index (χ2n) is 3.21. The van der Waals surface area contributed by atoms with E-state index in [-0.39, 0.29) is 6.61 Å².